The van der Waals surface area contributed by atoms with Crippen molar-refractivity contribution in [3.8, 4) is 0 Å². The second kappa shape index (κ2) is 9.00. The molecule has 2 fully saturated rings. The van der Waals surface area contributed by atoms with E-state index >= 15 is 0 Å². The number of halogens is 1. The molecular weight excluding hydrogens is 358 g/mol. The fourth-order valence-electron chi connectivity index (χ4n) is 3.45. The number of nitrogens with zero attached hydrogens (tertiary/aromatic N) is 2. The fraction of sp³-hybridized carbons (Fsp3) is 0.500. The summed E-state index contributed by atoms with van der Waals surface area (Å²) in [5.74, 6) is -0.885. The summed E-state index contributed by atoms with van der Waals surface area (Å²) in [4.78, 5) is 38.4. The SMILES string of the molecule is Cl.O=C(CN1CCCC1C(=O)O)NCc1ccc(N2CCCC2=O)cc1. The third kappa shape index (κ3) is 4.74. The van der Waals surface area contributed by atoms with E-state index in [0.717, 1.165) is 30.6 Å². The average molecular weight is 382 g/mol. The molecule has 0 bridgehead atoms. The number of likely N-dealkylation sites (tertiary alicyclic amines) is 1. The van der Waals surface area contributed by atoms with Gasteiger partial charge in [-0.1, -0.05) is 12.1 Å². The van der Waals surface area contributed by atoms with Gasteiger partial charge in [-0.05, 0) is 43.5 Å². The van der Waals surface area contributed by atoms with E-state index in [4.69, 9.17) is 5.11 Å². The molecule has 2 amide bonds. The van der Waals surface area contributed by atoms with Gasteiger partial charge in [-0.2, -0.15) is 0 Å². The first-order chi connectivity index (χ1) is 12.0. The zero-order chi connectivity index (χ0) is 17.8. The van der Waals surface area contributed by atoms with E-state index in [-0.39, 0.29) is 30.8 Å². The highest BCUT2D eigenvalue weighted by Crippen LogP contribution is 2.21. The van der Waals surface area contributed by atoms with Gasteiger partial charge in [0.15, 0.2) is 0 Å². The Balaban J connectivity index is 0.00000243. The Labute approximate surface area is 158 Å². The lowest BCUT2D eigenvalue weighted by molar-refractivity contribution is -0.142. The van der Waals surface area contributed by atoms with Crippen LogP contribution in [0.4, 0.5) is 5.69 Å². The Morgan fingerprint density at radius 3 is 2.50 bits per heavy atom. The molecule has 2 aliphatic rings. The summed E-state index contributed by atoms with van der Waals surface area (Å²) in [5, 5.41) is 12.0. The van der Waals surface area contributed by atoms with Crippen LogP contribution in [0.1, 0.15) is 31.2 Å². The van der Waals surface area contributed by atoms with Crippen molar-refractivity contribution in [2.45, 2.75) is 38.3 Å². The number of rotatable bonds is 6. The number of hydrogen-bond acceptors (Lipinski definition) is 4. The van der Waals surface area contributed by atoms with Gasteiger partial charge in [-0.15, -0.1) is 12.4 Å². The summed E-state index contributed by atoms with van der Waals surface area (Å²) in [6, 6.07) is 7.04. The van der Waals surface area contributed by atoms with E-state index < -0.39 is 12.0 Å². The van der Waals surface area contributed by atoms with E-state index in [2.05, 4.69) is 5.32 Å². The number of carboxylic acid groups (broad SMARTS) is 1. The van der Waals surface area contributed by atoms with Crippen LogP contribution in [-0.4, -0.2) is 53.5 Å². The van der Waals surface area contributed by atoms with Crippen LogP contribution in [-0.2, 0) is 20.9 Å². The van der Waals surface area contributed by atoms with Gasteiger partial charge >= 0.3 is 5.97 Å². The molecule has 2 heterocycles. The highest BCUT2D eigenvalue weighted by molar-refractivity contribution is 5.95. The number of hydrogen-bond donors (Lipinski definition) is 2. The number of carbonyl (C=O) groups is 3. The van der Waals surface area contributed by atoms with E-state index in [1.54, 1.807) is 9.80 Å². The van der Waals surface area contributed by atoms with Crippen LogP contribution >= 0.6 is 12.4 Å². The van der Waals surface area contributed by atoms with Gasteiger partial charge in [-0.3, -0.25) is 19.3 Å². The first-order valence-corrected chi connectivity index (χ1v) is 8.67. The number of anilines is 1. The summed E-state index contributed by atoms with van der Waals surface area (Å²) < 4.78 is 0. The van der Waals surface area contributed by atoms with E-state index in [1.165, 1.54) is 0 Å². The van der Waals surface area contributed by atoms with Crippen molar-refractivity contribution in [3.63, 3.8) is 0 Å². The van der Waals surface area contributed by atoms with Crippen LogP contribution in [0.2, 0.25) is 0 Å². The minimum Gasteiger partial charge on any atom is -0.480 e. The highest BCUT2D eigenvalue weighted by Gasteiger charge is 2.31. The lowest BCUT2D eigenvalue weighted by Gasteiger charge is -2.20. The molecule has 2 N–H and O–H groups in total. The quantitative estimate of drug-likeness (QED) is 0.777. The third-order valence-electron chi connectivity index (χ3n) is 4.81. The van der Waals surface area contributed by atoms with Crippen molar-refractivity contribution in [2.75, 3.05) is 24.5 Å². The smallest absolute Gasteiger partial charge is 0.320 e. The Bertz CT molecular complexity index is 665. The van der Waals surface area contributed by atoms with Gasteiger partial charge in [-0.25, -0.2) is 0 Å². The molecule has 26 heavy (non-hydrogen) atoms. The van der Waals surface area contributed by atoms with Crippen LogP contribution in [0.3, 0.4) is 0 Å². The second-order valence-electron chi connectivity index (χ2n) is 6.56. The van der Waals surface area contributed by atoms with Crippen LogP contribution in [0, 0.1) is 0 Å². The number of benzene rings is 1. The molecule has 2 saturated heterocycles. The fourth-order valence-corrected chi connectivity index (χ4v) is 3.45. The first kappa shape index (κ1) is 20.2. The molecular formula is C18H24ClN3O4. The largest absolute Gasteiger partial charge is 0.480 e. The number of amides is 2. The van der Waals surface area contributed by atoms with Crippen LogP contribution in [0.15, 0.2) is 24.3 Å². The molecule has 0 aliphatic carbocycles. The van der Waals surface area contributed by atoms with Crippen molar-refractivity contribution < 1.29 is 19.5 Å². The van der Waals surface area contributed by atoms with Gasteiger partial charge in [0, 0.05) is 25.2 Å². The summed E-state index contributed by atoms with van der Waals surface area (Å²) in [7, 11) is 0. The maximum Gasteiger partial charge on any atom is 0.320 e. The van der Waals surface area contributed by atoms with E-state index in [9.17, 15) is 14.4 Å². The highest BCUT2D eigenvalue weighted by atomic mass is 35.5. The van der Waals surface area contributed by atoms with Crippen molar-refractivity contribution in [2.24, 2.45) is 0 Å². The van der Waals surface area contributed by atoms with E-state index in [1.807, 2.05) is 24.3 Å². The molecule has 1 unspecified atom stereocenters. The topological polar surface area (TPSA) is 89.9 Å². The molecule has 1 aromatic rings. The predicted molar refractivity (Wildman–Crippen MR) is 99.4 cm³/mol. The maximum absolute atomic E-state index is 12.1. The average Bonchev–Trinajstić information content (AvgIpc) is 3.22. The first-order valence-electron chi connectivity index (χ1n) is 8.67. The Morgan fingerprint density at radius 1 is 1.15 bits per heavy atom. The molecule has 3 rings (SSSR count). The number of carboxylic acids is 1. The predicted octanol–water partition coefficient (Wildman–Crippen LogP) is 1.40. The molecule has 8 heteroatoms. The zero-order valence-electron chi connectivity index (χ0n) is 14.5. The molecule has 7 nitrogen and oxygen atoms in total. The van der Waals surface area contributed by atoms with Gasteiger partial charge < -0.3 is 15.3 Å². The lowest BCUT2D eigenvalue weighted by Crippen LogP contribution is -2.42. The van der Waals surface area contributed by atoms with Gasteiger partial charge in [0.1, 0.15) is 6.04 Å². The summed E-state index contributed by atoms with van der Waals surface area (Å²) in [6.07, 6.45) is 2.90. The number of nitrogens with one attached hydrogen (secondary N) is 1. The molecule has 1 aromatic carbocycles. The summed E-state index contributed by atoms with van der Waals surface area (Å²) in [5.41, 5.74) is 1.83. The maximum atomic E-state index is 12.1. The second-order valence-corrected chi connectivity index (χ2v) is 6.56. The van der Waals surface area contributed by atoms with Crippen LogP contribution in [0.5, 0.6) is 0 Å². The Morgan fingerprint density at radius 2 is 1.88 bits per heavy atom. The molecule has 2 aliphatic heterocycles. The van der Waals surface area contributed by atoms with Crippen LogP contribution < -0.4 is 10.2 Å². The molecule has 0 spiro atoms. The summed E-state index contributed by atoms with van der Waals surface area (Å²) in [6.45, 7) is 1.90. The van der Waals surface area contributed by atoms with Gasteiger partial charge in [0.25, 0.3) is 0 Å². The third-order valence-corrected chi connectivity index (χ3v) is 4.81. The molecule has 0 saturated carbocycles. The van der Waals surface area contributed by atoms with E-state index in [0.29, 0.717) is 25.9 Å². The van der Waals surface area contributed by atoms with Gasteiger partial charge in [0.2, 0.25) is 11.8 Å². The summed E-state index contributed by atoms with van der Waals surface area (Å²) >= 11 is 0. The monoisotopic (exact) mass is 381 g/mol. The van der Waals surface area contributed by atoms with Crippen molar-refractivity contribution in [1.82, 2.24) is 10.2 Å². The zero-order valence-corrected chi connectivity index (χ0v) is 15.3. The molecule has 1 atom stereocenters. The lowest BCUT2D eigenvalue weighted by atomic mass is 10.2. The molecule has 0 radical (unpaired) electrons. The normalized spacial score (nSPS) is 20.1. The molecule has 0 aromatic heterocycles. The van der Waals surface area contributed by atoms with Crippen LogP contribution in [0.25, 0.3) is 0 Å². The number of carbonyl (C=O) groups excluding carboxylic acids is 2. The van der Waals surface area contributed by atoms with Crippen molar-refractivity contribution in [1.29, 1.82) is 0 Å². The van der Waals surface area contributed by atoms with Crippen molar-refractivity contribution in [3.05, 3.63) is 29.8 Å². The standard InChI is InChI=1S/C18H23N3O4.ClH/c22-16(12-20-9-1-3-15(20)18(24)25)19-11-13-5-7-14(8-6-13)21-10-2-4-17(21)23;/h5-8,15H,1-4,9-12H2,(H,19,22)(H,24,25);1H. The number of aliphatic carboxylic acids is 1. The Kier molecular flexibility index (Phi) is 6.99. The van der Waals surface area contributed by atoms with Crippen molar-refractivity contribution >= 4 is 35.9 Å². The minimum atomic E-state index is -0.864. The minimum absolute atomic E-state index is 0. The van der Waals surface area contributed by atoms with Gasteiger partial charge in [0.05, 0.1) is 6.54 Å². The Hall–Kier alpha value is -2.12. The molecule has 142 valence electrons.